The van der Waals surface area contributed by atoms with E-state index in [0.29, 0.717) is 6.04 Å². The molecule has 2 unspecified atom stereocenters. The molecule has 0 radical (unpaired) electrons. The zero-order valence-corrected chi connectivity index (χ0v) is 8.45. The van der Waals surface area contributed by atoms with Gasteiger partial charge in [0.05, 0.1) is 12.7 Å². The highest BCUT2D eigenvalue weighted by Crippen LogP contribution is 2.16. The molecule has 0 saturated carbocycles. The Morgan fingerprint density at radius 3 is 2.85 bits per heavy atom. The summed E-state index contributed by atoms with van der Waals surface area (Å²) in [5.41, 5.74) is 0. The third-order valence-electron chi connectivity index (χ3n) is 2.79. The van der Waals surface area contributed by atoms with Crippen molar-refractivity contribution in [2.75, 3.05) is 19.7 Å². The van der Waals surface area contributed by atoms with E-state index >= 15 is 0 Å². The molecule has 2 N–H and O–H groups in total. The summed E-state index contributed by atoms with van der Waals surface area (Å²) in [6.07, 6.45) is 4.17. The Kier molecular flexibility index (Phi) is 4.70. The summed E-state index contributed by atoms with van der Waals surface area (Å²) in [6.45, 7) is 4.08. The third-order valence-corrected chi connectivity index (χ3v) is 2.79. The van der Waals surface area contributed by atoms with Crippen LogP contribution in [-0.4, -0.2) is 47.0 Å². The van der Waals surface area contributed by atoms with Gasteiger partial charge in [-0.05, 0) is 32.7 Å². The summed E-state index contributed by atoms with van der Waals surface area (Å²) in [5.74, 6) is 0. The first-order chi connectivity index (χ1) is 6.24. The van der Waals surface area contributed by atoms with Crippen LogP contribution in [0.15, 0.2) is 0 Å². The minimum absolute atomic E-state index is 0.221. The van der Waals surface area contributed by atoms with Gasteiger partial charge in [0.1, 0.15) is 0 Å². The van der Waals surface area contributed by atoms with Gasteiger partial charge in [0.25, 0.3) is 0 Å². The second kappa shape index (κ2) is 5.58. The lowest BCUT2D eigenvalue weighted by Crippen LogP contribution is -2.42. The molecule has 1 aliphatic rings. The molecule has 0 aliphatic carbocycles. The van der Waals surface area contributed by atoms with Crippen LogP contribution in [0.25, 0.3) is 0 Å². The van der Waals surface area contributed by atoms with Crippen molar-refractivity contribution in [1.29, 1.82) is 0 Å². The highest BCUT2D eigenvalue weighted by molar-refractivity contribution is 4.76. The fourth-order valence-corrected chi connectivity index (χ4v) is 1.91. The van der Waals surface area contributed by atoms with Gasteiger partial charge >= 0.3 is 0 Å². The zero-order chi connectivity index (χ0) is 9.68. The Morgan fingerprint density at radius 1 is 1.46 bits per heavy atom. The van der Waals surface area contributed by atoms with E-state index in [1.807, 2.05) is 6.92 Å². The second-order valence-electron chi connectivity index (χ2n) is 4.01. The van der Waals surface area contributed by atoms with Gasteiger partial charge in [0.15, 0.2) is 0 Å². The fourth-order valence-electron chi connectivity index (χ4n) is 1.91. The first-order valence-corrected chi connectivity index (χ1v) is 5.27. The quantitative estimate of drug-likeness (QED) is 0.677. The molecule has 0 aromatic carbocycles. The monoisotopic (exact) mass is 187 g/mol. The molecule has 0 aromatic heterocycles. The normalized spacial score (nSPS) is 27.5. The highest BCUT2D eigenvalue weighted by atomic mass is 16.3. The van der Waals surface area contributed by atoms with Crippen molar-refractivity contribution in [3.05, 3.63) is 0 Å². The van der Waals surface area contributed by atoms with E-state index in [1.54, 1.807) is 0 Å². The van der Waals surface area contributed by atoms with Crippen molar-refractivity contribution in [3.8, 4) is 0 Å². The van der Waals surface area contributed by atoms with Gasteiger partial charge in [-0.1, -0.05) is 6.42 Å². The maximum absolute atomic E-state index is 9.15. The van der Waals surface area contributed by atoms with Gasteiger partial charge in [0, 0.05) is 12.6 Å². The summed E-state index contributed by atoms with van der Waals surface area (Å²) in [4.78, 5) is 2.30. The molecule has 0 spiro atoms. The molecular weight excluding hydrogens is 166 g/mol. The first kappa shape index (κ1) is 11.0. The average Bonchev–Trinajstić information content (AvgIpc) is 2.15. The largest absolute Gasteiger partial charge is 0.395 e. The van der Waals surface area contributed by atoms with E-state index in [1.165, 1.54) is 12.8 Å². The summed E-state index contributed by atoms with van der Waals surface area (Å²) < 4.78 is 0. The topological polar surface area (TPSA) is 43.7 Å². The van der Waals surface area contributed by atoms with Crippen LogP contribution >= 0.6 is 0 Å². The number of aliphatic hydroxyl groups excluding tert-OH is 2. The number of hydrogen-bond donors (Lipinski definition) is 2. The molecule has 3 nitrogen and oxygen atoms in total. The SMILES string of the molecule is CC(O)CCN1CCCCC1CO. The smallest absolute Gasteiger partial charge is 0.0586 e. The lowest BCUT2D eigenvalue weighted by atomic mass is 10.0. The minimum Gasteiger partial charge on any atom is -0.395 e. The van der Waals surface area contributed by atoms with E-state index < -0.39 is 0 Å². The van der Waals surface area contributed by atoms with Gasteiger partial charge in [-0.15, -0.1) is 0 Å². The second-order valence-corrected chi connectivity index (χ2v) is 4.01. The number of aliphatic hydroxyl groups is 2. The van der Waals surface area contributed by atoms with E-state index in [-0.39, 0.29) is 12.7 Å². The summed E-state index contributed by atoms with van der Waals surface area (Å²) in [6, 6.07) is 0.340. The van der Waals surface area contributed by atoms with Crippen LogP contribution in [0.2, 0.25) is 0 Å². The van der Waals surface area contributed by atoms with Crippen LogP contribution in [0.1, 0.15) is 32.6 Å². The van der Waals surface area contributed by atoms with Crippen LogP contribution in [-0.2, 0) is 0 Å². The van der Waals surface area contributed by atoms with Crippen LogP contribution in [0.4, 0.5) is 0 Å². The van der Waals surface area contributed by atoms with Crippen molar-refractivity contribution in [2.45, 2.75) is 44.8 Å². The Morgan fingerprint density at radius 2 is 2.23 bits per heavy atom. The number of piperidine rings is 1. The van der Waals surface area contributed by atoms with Crippen LogP contribution in [0, 0.1) is 0 Å². The van der Waals surface area contributed by atoms with Crippen molar-refractivity contribution in [1.82, 2.24) is 4.90 Å². The molecule has 13 heavy (non-hydrogen) atoms. The van der Waals surface area contributed by atoms with Crippen LogP contribution in [0.3, 0.4) is 0 Å². The number of rotatable bonds is 4. The fraction of sp³-hybridized carbons (Fsp3) is 1.00. The van der Waals surface area contributed by atoms with Crippen molar-refractivity contribution in [2.24, 2.45) is 0 Å². The van der Waals surface area contributed by atoms with Gasteiger partial charge < -0.3 is 10.2 Å². The van der Waals surface area contributed by atoms with Crippen LogP contribution < -0.4 is 0 Å². The standard InChI is InChI=1S/C10H21NO2/c1-9(13)5-7-11-6-3-2-4-10(11)8-12/h9-10,12-13H,2-8H2,1H3. The molecule has 3 heteroatoms. The molecule has 78 valence electrons. The maximum atomic E-state index is 9.15. The Hall–Kier alpha value is -0.120. The maximum Gasteiger partial charge on any atom is 0.0586 e. The highest BCUT2D eigenvalue weighted by Gasteiger charge is 2.21. The van der Waals surface area contributed by atoms with Crippen molar-refractivity contribution >= 4 is 0 Å². The molecule has 1 heterocycles. The molecule has 1 rings (SSSR count). The van der Waals surface area contributed by atoms with E-state index in [4.69, 9.17) is 10.2 Å². The van der Waals surface area contributed by atoms with Gasteiger partial charge in [-0.3, -0.25) is 4.90 Å². The van der Waals surface area contributed by atoms with E-state index in [9.17, 15) is 0 Å². The Labute approximate surface area is 80.4 Å². The molecule has 1 aliphatic heterocycles. The Bertz CT molecular complexity index is 139. The summed E-state index contributed by atoms with van der Waals surface area (Å²) in [5, 5.41) is 18.3. The predicted molar refractivity (Wildman–Crippen MR) is 52.6 cm³/mol. The summed E-state index contributed by atoms with van der Waals surface area (Å²) in [7, 11) is 0. The van der Waals surface area contributed by atoms with Crippen molar-refractivity contribution < 1.29 is 10.2 Å². The average molecular weight is 187 g/mol. The van der Waals surface area contributed by atoms with E-state index in [2.05, 4.69) is 4.90 Å². The Balaban J connectivity index is 2.27. The zero-order valence-electron chi connectivity index (χ0n) is 8.45. The molecule has 0 aromatic rings. The van der Waals surface area contributed by atoms with Gasteiger partial charge in [-0.2, -0.15) is 0 Å². The lowest BCUT2D eigenvalue weighted by Gasteiger charge is -2.34. The molecule has 1 saturated heterocycles. The minimum atomic E-state index is -0.221. The van der Waals surface area contributed by atoms with Crippen molar-refractivity contribution in [3.63, 3.8) is 0 Å². The van der Waals surface area contributed by atoms with Gasteiger partial charge in [-0.25, -0.2) is 0 Å². The molecule has 1 fully saturated rings. The number of hydrogen-bond acceptors (Lipinski definition) is 3. The number of likely N-dealkylation sites (tertiary alicyclic amines) is 1. The molecule has 0 bridgehead atoms. The van der Waals surface area contributed by atoms with Gasteiger partial charge in [0.2, 0.25) is 0 Å². The molecule has 2 atom stereocenters. The lowest BCUT2D eigenvalue weighted by molar-refractivity contribution is 0.0733. The molecular formula is C10H21NO2. The van der Waals surface area contributed by atoms with E-state index in [0.717, 1.165) is 25.9 Å². The summed E-state index contributed by atoms with van der Waals surface area (Å²) >= 11 is 0. The first-order valence-electron chi connectivity index (χ1n) is 5.27. The van der Waals surface area contributed by atoms with Crippen LogP contribution in [0.5, 0.6) is 0 Å². The predicted octanol–water partition coefficient (Wildman–Crippen LogP) is 0.604. The third kappa shape index (κ3) is 3.63. The number of nitrogens with zero attached hydrogens (tertiary/aromatic N) is 1. The molecule has 0 amide bonds.